The van der Waals surface area contributed by atoms with E-state index in [1.807, 2.05) is 18.2 Å². The second-order valence-electron chi connectivity index (χ2n) is 7.70. The summed E-state index contributed by atoms with van der Waals surface area (Å²) in [6, 6.07) is 12.6. The highest BCUT2D eigenvalue weighted by molar-refractivity contribution is 6.30. The maximum absolute atomic E-state index is 12.6. The smallest absolute Gasteiger partial charge is 0.329 e. The first kappa shape index (κ1) is 20.2. The SMILES string of the molecule is Cc1ccc(Cl)cc1N1CCC(CNC(=O)Cn2c(=O)[nH]c3ccccc3c2=O)C1. The minimum absolute atomic E-state index is 0.291. The molecule has 0 aliphatic carbocycles. The van der Waals surface area contributed by atoms with Gasteiger partial charge in [0, 0.05) is 30.3 Å². The third-order valence-corrected chi connectivity index (χ3v) is 5.81. The molecule has 1 saturated heterocycles. The number of aromatic amines is 1. The minimum Gasteiger partial charge on any atom is -0.371 e. The molecule has 0 radical (unpaired) electrons. The van der Waals surface area contributed by atoms with E-state index < -0.39 is 11.2 Å². The van der Waals surface area contributed by atoms with Crippen LogP contribution in [0.4, 0.5) is 5.69 Å². The quantitative estimate of drug-likeness (QED) is 0.655. The van der Waals surface area contributed by atoms with Crippen molar-refractivity contribution in [3.8, 4) is 0 Å². The number of nitrogens with one attached hydrogen (secondary N) is 2. The van der Waals surface area contributed by atoms with Gasteiger partial charge in [0.05, 0.1) is 10.9 Å². The Bertz CT molecular complexity index is 1220. The lowest BCUT2D eigenvalue weighted by molar-refractivity contribution is -0.121. The first-order valence-electron chi connectivity index (χ1n) is 9.92. The highest BCUT2D eigenvalue weighted by Crippen LogP contribution is 2.29. The number of carbonyl (C=O) groups excluding carboxylic acids is 1. The van der Waals surface area contributed by atoms with Crippen LogP contribution < -0.4 is 21.5 Å². The molecule has 1 atom stereocenters. The third-order valence-electron chi connectivity index (χ3n) is 5.58. The molecule has 30 heavy (non-hydrogen) atoms. The van der Waals surface area contributed by atoms with Crippen LogP contribution >= 0.6 is 11.6 Å². The largest absolute Gasteiger partial charge is 0.371 e. The maximum Gasteiger partial charge on any atom is 0.329 e. The average molecular weight is 427 g/mol. The van der Waals surface area contributed by atoms with Crippen molar-refractivity contribution in [2.45, 2.75) is 19.9 Å². The molecule has 2 aromatic carbocycles. The van der Waals surface area contributed by atoms with Gasteiger partial charge in [-0.15, -0.1) is 0 Å². The summed E-state index contributed by atoms with van der Waals surface area (Å²) in [7, 11) is 0. The van der Waals surface area contributed by atoms with Crippen LogP contribution in [0.3, 0.4) is 0 Å². The monoisotopic (exact) mass is 426 g/mol. The van der Waals surface area contributed by atoms with Gasteiger partial charge < -0.3 is 15.2 Å². The van der Waals surface area contributed by atoms with Gasteiger partial charge in [-0.25, -0.2) is 4.79 Å². The molecule has 156 valence electrons. The highest BCUT2D eigenvalue weighted by atomic mass is 35.5. The van der Waals surface area contributed by atoms with Crippen molar-refractivity contribution in [1.29, 1.82) is 0 Å². The molecule has 1 amide bonds. The van der Waals surface area contributed by atoms with Crippen LogP contribution in [-0.2, 0) is 11.3 Å². The molecule has 1 aromatic heterocycles. The molecule has 0 spiro atoms. The second kappa shape index (κ2) is 8.36. The molecule has 1 aliphatic heterocycles. The number of aryl methyl sites for hydroxylation is 1. The fraction of sp³-hybridized carbons (Fsp3) is 0.318. The van der Waals surface area contributed by atoms with E-state index in [9.17, 15) is 14.4 Å². The van der Waals surface area contributed by atoms with Crippen molar-refractivity contribution in [2.75, 3.05) is 24.5 Å². The van der Waals surface area contributed by atoms with Gasteiger partial charge in [-0.3, -0.25) is 14.2 Å². The van der Waals surface area contributed by atoms with E-state index >= 15 is 0 Å². The minimum atomic E-state index is -0.586. The zero-order valence-corrected chi connectivity index (χ0v) is 17.4. The van der Waals surface area contributed by atoms with E-state index in [0.29, 0.717) is 28.4 Å². The van der Waals surface area contributed by atoms with Gasteiger partial charge in [0.15, 0.2) is 0 Å². The van der Waals surface area contributed by atoms with Crippen molar-refractivity contribution in [3.05, 3.63) is 73.9 Å². The first-order chi connectivity index (χ1) is 14.4. The summed E-state index contributed by atoms with van der Waals surface area (Å²) in [5, 5.41) is 3.96. The Kier molecular flexibility index (Phi) is 5.63. The molecule has 0 bridgehead atoms. The van der Waals surface area contributed by atoms with Crippen LogP contribution in [0.2, 0.25) is 5.02 Å². The molecule has 1 fully saturated rings. The lowest BCUT2D eigenvalue weighted by Gasteiger charge is -2.21. The topological polar surface area (TPSA) is 87.2 Å². The van der Waals surface area contributed by atoms with Gasteiger partial charge in [-0.2, -0.15) is 0 Å². The Morgan fingerprint density at radius 1 is 1.23 bits per heavy atom. The van der Waals surface area contributed by atoms with Crippen molar-refractivity contribution >= 4 is 34.1 Å². The number of aromatic nitrogens is 2. The maximum atomic E-state index is 12.6. The lowest BCUT2D eigenvalue weighted by Crippen LogP contribution is -2.41. The molecule has 0 saturated carbocycles. The van der Waals surface area contributed by atoms with E-state index in [1.54, 1.807) is 24.3 Å². The Hall–Kier alpha value is -3.06. The lowest BCUT2D eigenvalue weighted by atomic mass is 10.1. The summed E-state index contributed by atoms with van der Waals surface area (Å²) in [4.78, 5) is 42.1. The fourth-order valence-electron chi connectivity index (χ4n) is 3.94. The number of rotatable bonds is 5. The molecule has 3 aromatic rings. The Balaban J connectivity index is 1.38. The van der Waals surface area contributed by atoms with Crippen molar-refractivity contribution < 1.29 is 4.79 Å². The van der Waals surface area contributed by atoms with Crippen LogP contribution in [0.15, 0.2) is 52.1 Å². The second-order valence-corrected chi connectivity index (χ2v) is 8.14. The number of amides is 1. The molecule has 1 unspecified atom stereocenters. The van der Waals surface area contributed by atoms with Crippen molar-refractivity contribution in [3.63, 3.8) is 0 Å². The Labute approximate surface area is 178 Å². The zero-order chi connectivity index (χ0) is 21.3. The molecule has 7 nitrogen and oxygen atoms in total. The standard InChI is InChI=1S/C22H23ClN4O3/c1-14-6-7-16(23)10-19(14)26-9-8-15(12-26)11-24-20(28)13-27-21(29)17-4-2-3-5-18(17)25-22(27)30/h2-7,10,15H,8-9,11-13H2,1H3,(H,24,28)(H,25,30). The number of anilines is 1. The van der Waals surface area contributed by atoms with Crippen LogP contribution in [-0.4, -0.2) is 35.1 Å². The Morgan fingerprint density at radius 3 is 2.87 bits per heavy atom. The highest BCUT2D eigenvalue weighted by Gasteiger charge is 2.24. The predicted molar refractivity (Wildman–Crippen MR) is 118 cm³/mol. The number of fused-ring (bicyclic) bond motifs is 1. The summed E-state index contributed by atoms with van der Waals surface area (Å²) >= 11 is 6.13. The van der Waals surface area contributed by atoms with Crippen molar-refractivity contribution in [1.82, 2.24) is 14.9 Å². The van der Waals surface area contributed by atoms with E-state index in [0.717, 1.165) is 29.8 Å². The third kappa shape index (κ3) is 4.11. The van der Waals surface area contributed by atoms with E-state index in [-0.39, 0.29) is 12.5 Å². The number of halogens is 1. The van der Waals surface area contributed by atoms with Gasteiger partial charge in [-0.05, 0) is 49.1 Å². The number of hydrogen-bond donors (Lipinski definition) is 2. The summed E-state index contributed by atoms with van der Waals surface area (Å²) in [5.41, 5.74) is 1.70. The summed E-state index contributed by atoms with van der Waals surface area (Å²) in [6.07, 6.45) is 0.947. The number of H-pyrrole nitrogens is 1. The van der Waals surface area contributed by atoms with Crippen LogP contribution in [0.5, 0.6) is 0 Å². The number of benzene rings is 2. The predicted octanol–water partition coefficient (Wildman–Crippen LogP) is 2.29. The number of carbonyl (C=O) groups is 1. The number of hydrogen-bond acceptors (Lipinski definition) is 4. The first-order valence-corrected chi connectivity index (χ1v) is 10.3. The molecule has 1 aliphatic rings. The summed E-state index contributed by atoms with van der Waals surface area (Å²) < 4.78 is 0.938. The van der Waals surface area contributed by atoms with Crippen LogP contribution in [0.1, 0.15) is 12.0 Å². The van der Waals surface area contributed by atoms with E-state index in [4.69, 9.17) is 11.6 Å². The average Bonchev–Trinajstić information content (AvgIpc) is 3.20. The van der Waals surface area contributed by atoms with Gasteiger partial charge in [0.1, 0.15) is 6.54 Å². The number of para-hydroxylation sites is 1. The number of nitrogens with zero attached hydrogens (tertiary/aromatic N) is 2. The van der Waals surface area contributed by atoms with Gasteiger partial charge in [-0.1, -0.05) is 29.8 Å². The van der Waals surface area contributed by atoms with E-state index in [1.165, 1.54) is 5.56 Å². The molecular formula is C22H23ClN4O3. The van der Waals surface area contributed by atoms with Gasteiger partial charge in [0.25, 0.3) is 5.56 Å². The molecule has 4 rings (SSSR count). The van der Waals surface area contributed by atoms with Gasteiger partial charge in [0.2, 0.25) is 5.91 Å². The molecule has 8 heteroatoms. The Morgan fingerprint density at radius 2 is 2.03 bits per heavy atom. The molecule has 2 heterocycles. The van der Waals surface area contributed by atoms with Crippen LogP contribution in [0.25, 0.3) is 10.9 Å². The molecule has 2 N–H and O–H groups in total. The molecular weight excluding hydrogens is 404 g/mol. The zero-order valence-electron chi connectivity index (χ0n) is 16.7. The van der Waals surface area contributed by atoms with Crippen molar-refractivity contribution in [2.24, 2.45) is 5.92 Å². The van der Waals surface area contributed by atoms with Crippen LogP contribution in [0, 0.1) is 12.8 Å². The van der Waals surface area contributed by atoms with E-state index in [2.05, 4.69) is 22.1 Å². The fourth-order valence-corrected chi connectivity index (χ4v) is 4.11. The summed E-state index contributed by atoms with van der Waals surface area (Å²) in [5.74, 6) is -0.0609. The normalized spacial score (nSPS) is 16.2. The summed E-state index contributed by atoms with van der Waals surface area (Å²) in [6.45, 7) is 3.96. The van der Waals surface area contributed by atoms with Gasteiger partial charge >= 0.3 is 5.69 Å².